The minimum Gasteiger partial charge on any atom is -0.356 e. The van der Waals surface area contributed by atoms with Gasteiger partial charge in [0.25, 0.3) is 0 Å². The van der Waals surface area contributed by atoms with Crippen molar-refractivity contribution in [1.82, 2.24) is 10.6 Å². The molecule has 0 unspecified atom stereocenters. The molecule has 0 amide bonds. The average Bonchev–Trinajstić information content (AvgIpc) is 3.42. The van der Waals surface area contributed by atoms with E-state index < -0.39 is 9.84 Å². The normalized spacial score (nSPS) is 15.9. The van der Waals surface area contributed by atoms with Crippen molar-refractivity contribution in [3.8, 4) is 0 Å². The molecule has 0 aliphatic heterocycles. The van der Waals surface area contributed by atoms with Gasteiger partial charge >= 0.3 is 0 Å². The van der Waals surface area contributed by atoms with E-state index >= 15 is 0 Å². The summed E-state index contributed by atoms with van der Waals surface area (Å²) in [5.74, 6) is 0.754. The lowest BCUT2D eigenvalue weighted by Gasteiger charge is -2.21. The second kappa shape index (κ2) is 7.95. The minimum absolute atomic E-state index is 0.205. The zero-order chi connectivity index (χ0) is 20.4. The second-order valence-corrected chi connectivity index (χ2v) is 9.73. The van der Waals surface area contributed by atoms with Crippen LogP contribution < -0.4 is 10.6 Å². The Morgan fingerprint density at radius 2 is 1.79 bits per heavy atom. The first-order valence-corrected chi connectivity index (χ1v) is 11.4. The third kappa shape index (κ3) is 4.55. The van der Waals surface area contributed by atoms with Gasteiger partial charge in [-0.25, -0.2) is 8.42 Å². The van der Waals surface area contributed by atoms with Gasteiger partial charge in [0.15, 0.2) is 15.8 Å². The second-order valence-electron chi connectivity index (χ2n) is 7.75. The number of guanidine groups is 1. The molecule has 28 heavy (non-hydrogen) atoms. The van der Waals surface area contributed by atoms with Crippen molar-refractivity contribution in [2.24, 2.45) is 4.99 Å². The molecule has 0 atom stereocenters. The predicted octanol–water partition coefficient (Wildman–Crippen LogP) is 3.10. The Labute approximate surface area is 168 Å². The molecule has 1 aliphatic carbocycles. The van der Waals surface area contributed by atoms with Crippen LogP contribution in [0.1, 0.15) is 35.1 Å². The quantitative estimate of drug-likeness (QED) is 0.578. The smallest absolute Gasteiger partial charge is 0.191 e. The van der Waals surface area contributed by atoms with E-state index in [9.17, 15) is 8.42 Å². The maximum absolute atomic E-state index is 11.8. The highest BCUT2D eigenvalue weighted by Gasteiger charge is 2.44. The molecule has 5 nitrogen and oxygen atoms in total. The summed E-state index contributed by atoms with van der Waals surface area (Å²) in [4.78, 5) is 4.71. The lowest BCUT2D eigenvalue weighted by Crippen LogP contribution is -2.41. The van der Waals surface area contributed by atoms with Crippen molar-refractivity contribution in [2.75, 3.05) is 19.8 Å². The number of hydrogen-bond acceptors (Lipinski definition) is 3. The van der Waals surface area contributed by atoms with Gasteiger partial charge in [0.2, 0.25) is 0 Å². The van der Waals surface area contributed by atoms with Gasteiger partial charge in [0.1, 0.15) is 0 Å². The van der Waals surface area contributed by atoms with E-state index in [1.54, 1.807) is 13.1 Å². The summed E-state index contributed by atoms with van der Waals surface area (Å²) in [6.07, 6.45) is 3.61. The van der Waals surface area contributed by atoms with Crippen molar-refractivity contribution in [1.29, 1.82) is 0 Å². The van der Waals surface area contributed by atoms with E-state index in [1.807, 2.05) is 19.1 Å². The third-order valence-electron chi connectivity index (χ3n) is 5.49. The van der Waals surface area contributed by atoms with E-state index in [1.165, 1.54) is 30.2 Å². The van der Waals surface area contributed by atoms with E-state index in [0.717, 1.165) is 23.6 Å². The molecule has 1 saturated carbocycles. The van der Waals surface area contributed by atoms with Gasteiger partial charge in [-0.3, -0.25) is 4.99 Å². The Morgan fingerprint density at radius 3 is 2.36 bits per heavy atom. The number of benzene rings is 2. The maximum Gasteiger partial charge on any atom is 0.191 e. The van der Waals surface area contributed by atoms with Crippen molar-refractivity contribution in [3.63, 3.8) is 0 Å². The molecule has 150 valence electrons. The predicted molar refractivity (Wildman–Crippen MR) is 115 cm³/mol. The monoisotopic (exact) mass is 399 g/mol. The molecular weight excluding hydrogens is 370 g/mol. The van der Waals surface area contributed by atoms with Gasteiger partial charge in [0, 0.05) is 31.8 Å². The first-order valence-electron chi connectivity index (χ1n) is 9.55. The van der Waals surface area contributed by atoms with Crippen molar-refractivity contribution < 1.29 is 8.42 Å². The van der Waals surface area contributed by atoms with Crippen LogP contribution in [-0.2, 0) is 21.8 Å². The Kier molecular flexibility index (Phi) is 5.79. The van der Waals surface area contributed by atoms with Crippen molar-refractivity contribution >= 4 is 15.8 Å². The van der Waals surface area contributed by atoms with Crippen LogP contribution >= 0.6 is 0 Å². The number of hydrogen-bond donors (Lipinski definition) is 2. The fourth-order valence-corrected chi connectivity index (χ4v) is 4.72. The average molecular weight is 400 g/mol. The SMILES string of the molecule is CN=C(NCc1ccc(S(C)(=O)=O)c(C)c1)NCC1(c2ccccc2C)CC1. The van der Waals surface area contributed by atoms with Gasteiger partial charge in [-0.1, -0.05) is 36.4 Å². The van der Waals surface area contributed by atoms with E-state index in [4.69, 9.17) is 0 Å². The summed E-state index contributed by atoms with van der Waals surface area (Å²) < 4.78 is 23.5. The Hall–Kier alpha value is -2.34. The van der Waals surface area contributed by atoms with Crippen LogP contribution in [0.25, 0.3) is 0 Å². The molecule has 0 bridgehead atoms. The Morgan fingerprint density at radius 1 is 1.07 bits per heavy atom. The summed E-state index contributed by atoms with van der Waals surface area (Å²) in [6, 6.07) is 14.0. The molecule has 0 heterocycles. The molecule has 0 aromatic heterocycles. The molecule has 2 aromatic rings. The van der Waals surface area contributed by atoms with Gasteiger partial charge in [-0.2, -0.15) is 0 Å². The largest absolute Gasteiger partial charge is 0.356 e. The van der Waals surface area contributed by atoms with Crippen molar-refractivity contribution in [2.45, 2.75) is 43.5 Å². The number of nitrogens with one attached hydrogen (secondary N) is 2. The van der Waals surface area contributed by atoms with E-state index in [0.29, 0.717) is 11.4 Å². The summed E-state index contributed by atoms with van der Waals surface area (Å²) in [7, 11) is -1.43. The highest BCUT2D eigenvalue weighted by Crippen LogP contribution is 2.48. The number of aryl methyl sites for hydroxylation is 2. The van der Waals surface area contributed by atoms with Crippen LogP contribution in [0.3, 0.4) is 0 Å². The lowest BCUT2D eigenvalue weighted by molar-refractivity contribution is 0.601. The lowest BCUT2D eigenvalue weighted by atomic mass is 9.92. The van der Waals surface area contributed by atoms with Crippen LogP contribution in [0.2, 0.25) is 0 Å². The molecule has 1 fully saturated rings. The van der Waals surface area contributed by atoms with E-state index in [2.05, 4.69) is 46.8 Å². The van der Waals surface area contributed by atoms with Crippen LogP contribution in [-0.4, -0.2) is 34.2 Å². The van der Waals surface area contributed by atoms with Gasteiger partial charge in [-0.05, 0) is 55.0 Å². The number of sulfone groups is 1. The fourth-order valence-electron chi connectivity index (χ4n) is 3.76. The van der Waals surface area contributed by atoms with Crippen LogP contribution in [0.5, 0.6) is 0 Å². The highest BCUT2D eigenvalue weighted by molar-refractivity contribution is 7.90. The van der Waals surface area contributed by atoms with Crippen molar-refractivity contribution in [3.05, 3.63) is 64.7 Å². The summed E-state index contributed by atoms with van der Waals surface area (Å²) in [5.41, 5.74) is 4.75. The Bertz CT molecular complexity index is 993. The maximum atomic E-state index is 11.8. The van der Waals surface area contributed by atoms with Gasteiger partial charge in [0.05, 0.1) is 4.90 Å². The van der Waals surface area contributed by atoms with Crippen LogP contribution in [0.15, 0.2) is 52.4 Å². The number of nitrogens with zero attached hydrogens (tertiary/aromatic N) is 1. The molecular formula is C22H29N3O2S. The summed E-state index contributed by atoms with van der Waals surface area (Å²) in [6.45, 7) is 5.43. The van der Waals surface area contributed by atoms with Crippen LogP contribution in [0, 0.1) is 13.8 Å². The Balaban J connectivity index is 1.60. The molecule has 0 radical (unpaired) electrons. The van der Waals surface area contributed by atoms with Crippen LogP contribution in [0.4, 0.5) is 0 Å². The molecule has 1 aliphatic rings. The third-order valence-corrected chi connectivity index (χ3v) is 6.74. The molecule has 6 heteroatoms. The molecule has 3 rings (SSSR count). The zero-order valence-corrected chi connectivity index (χ0v) is 17.9. The first kappa shape index (κ1) is 20.4. The summed E-state index contributed by atoms with van der Waals surface area (Å²) >= 11 is 0. The summed E-state index contributed by atoms with van der Waals surface area (Å²) in [5, 5.41) is 6.79. The molecule has 0 saturated heterocycles. The molecule has 0 spiro atoms. The number of aliphatic imine (C=N–C) groups is 1. The molecule has 2 N–H and O–H groups in total. The molecule has 2 aromatic carbocycles. The van der Waals surface area contributed by atoms with Gasteiger partial charge in [-0.15, -0.1) is 0 Å². The number of rotatable bonds is 6. The first-order chi connectivity index (χ1) is 13.2. The standard InChI is InChI=1S/C22H29N3O2S/c1-16-7-5-6-8-19(16)22(11-12-22)15-25-21(23-3)24-14-18-9-10-20(17(2)13-18)28(4,26)27/h5-10,13H,11-12,14-15H2,1-4H3,(H2,23,24,25). The minimum atomic E-state index is -3.19. The highest BCUT2D eigenvalue weighted by atomic mass is 32.2. The van der Waals surface area contributed by atoms with E-state index in [-0.39, 0.29) is 5.41 Å². The topological polar surface area (TPSA) is 70.6 Å². The zero-order valence-electron chi connectivity index (χ0n) is 17.0. The fraction of sp³-hybridized carbons (Fsp3) is 0.409. The van der Waals surface area contributed by atoms with Gasteiger partial charge < -0.3 is 10.6 Å².